The monoisotopic (exact) mass is 420 g/mol. The molecule has 1 aromatic carbocycles. The molecule has 1 saturated heterocycles. The van der Waals surface area contributed by atoms with Gasteiger partial charge < -0.3 is 9.32 Å². The fourth-order valence-corrected chi connectivity index (χ4v) is 5.37. The molecule has 1 amide bonds. The Balaban J connectivity index is 1.28. The minimum atomic E-state index is 0.116. The fourth-order valence-electron chi connectivity index (χ4n) is 5.37. The quantitative estimate of drug-likeness (QED) is 0.635. The van der Waals surface area contributed by atoms with Gasteiger partial charge in [-0.05, 0) is 44.4 Å². The third-order valence-electron chi connectivity index (χ3n) is 7.11. The second-order valence-electron chi connectivity index (χ2n) is 9.23. The van der Waals surface area contributed by atoms with Crippen LogP contribution in [0.4, 0.5) is 0 Å². The van der Waals surface area contributed by atoms with Crippen molar-refractivity contribution in [1.29, 1.82) is 0 Å². The first-order chi connectivity index (χ1) is 15.2. The lowest BCUT2D eigenvalue weighted by Gasteiger charge is -2.33. The number of rotatable bonds is 5. The molecule has 1 aliphatic carbocycles. The zero-order valence-electron chi connectivity index (χ0n) is 18.3. The van der Waals surface area contributed by atoms with Gasteiger partial charge in [0.25, 0.3) is 5.91 Å². The molecule has 0 spiro atoms. The molecule has 1 atom stereocenters. The highest BCUT2D eigenvalue weighted by atomic mass is 16.3. The molecule has 1 aliphatic heterocycles. The van der Waals surface area contributed by atoms with Gasteiger partial charge in [0.05, 0.1) is 24.0 Å². The molecule has 2 fully saturated rings. The lowest BCUT2D eigenvalue weighted by Crippen LogP contribution is -2.39. The van der Waals surface area contributed by atoms with Crippen LogP contribution in [0, 0.1) is 0 Å². The maximum atomic E-state index is 13.3. The van der Waals surface area contributed by atoms with Crippen LogP contribution in [0.3, 0.4) is 0 Å². The van der Waals surface area contributed by atoms with Gasteiger partial charge in [-0.25, -0.2) is 0 Å². The highest BCUT2D eigenvalue weighted by molar-refractivity contribution is 5.95. The highest BCUT2D eigenvalue weighted by Crippen LogP contribution is 2.31. The lowest BCUT2D eigenvalue weighted by molar-refractivity contribution is 0.0693. The molecule has 6 heteroatoms. The van der Waals surface area contributed by atoms with Crippen molar-refractivity contribution in [1.82, 2.24) is 20.0 Å². The molecule has 0 unspecified atom stereocenters. The maximum Gasteiger partial charge on any atom is 0.257 e. The number of carbonyl (C=O) groups excluding carboxylic acids is 1. The summed E-state index contributed by atoms with van der Waals surface area (Å²) < 4.78 is 6.03. The number of nitrogens with one attached hydrogen (secondary N) is 1. The SMILES string of the molecule is CN(C(=O)c1cn[nH]c1[C@H]1CCCN(Cc2cc3ccccc3o2)C1)C1CCCCC1. The van der Waals surface area contributed by atoms with E-state index in [1.807, 2.05) is 30.1 Å². The molecule has 2 aromatic heterocycles. The zero-order valence-corrected chi connectivity index (χ0v) is 18.3. The Morgan fingerprint density at radius 2 is 2.03 bits per heavy atom. The van der Waals surface area contributed by atoms with Gasteiger partial charge in [0.15, 0.2) is 0 Å². The first-order valence-electron chi connectivity index (χ1n) is 11.7. The lowest BCUT2D eigenvalue weighted by atomic mass is 9.91. The summed E-state index contributed by atoms with van der Waals surface area (Å²) in [6.07, 6.45) is 9.88. The number of para-hydroxylation sites is 1. The second kappa shape index (κ2) is 8.87. The van der Waals surface area contributed by atoms with E-state index in [2.05, 4.69) is 27.2 Å². The van der Waals surface area contributed by atoms with Crippen LogP contribution in [0.25, 0.3) is 11.0 Å². The van der Waals surface area contributed by atoms with Crippen LogP contribution < -0.4 is 0 Å². The van der Waals surface area contributed by atoms with Crippen LogP contribution in [0.5, 0.6) is 0 Å². The van der Waals surface area contributed by atoms with Crippen molar-refractivity contribution in [2.45, 2.75) is 63.5 Å². The largest absolute Gasteiger partial charge is 0.460 e. The van der Waals surface area contributed by atoms with Crippen LogP contribution in [0.15, 0.2) is 40.9 Å². The Kier molecular flexibility index (Phi) is 5.81. The Morgan fingerprint density at radius 1 is 1.19 bits per heavy atom. The van der Waals surface area contributed by atoms with Gasteiger partial charge >= 0.3 is 0 Å². The molecule has 3 heterocycles. The van der Waals surface area contributed by atoms with Crippen LogP contribution in [-0.2, 0) is 6.54 Å². The molecule has 0 radical (unpaired) electrons. The fraction of sp³-hybridized carbons (Fsp3) is 0.520. The van der Waals surface area contributed by atoms with Crippen LogP contribution in [0.1, 0.15) is 72.7 Å². The van der Waals surface area contributed by atoms with Crippen LogP contribution in [0.2, 0.25) is 0 Å². The summed E-state index contributed by atoms with van der Waals surface area (Å²) in [6, 6.07) is 10.7. The van der Waals surface area contributed by atoms with Crippen molar-refractivity contribution < 1.29 is 9.21 Å². The third kappa shape index (κ3) is 4.26. The molecule has 6 nitrogen and oxygen atoms in total. The van der Waals surface area contributed by atoms with Gasteiger partial charge in [-0.3, -0.25) is 14.8 Å². The summed E-state index contributed by atoms with van der Waals surface area (Å²) in [5.41, 5.74) is 2.70. The Bertz CT molecular complexity index is 1000. The molecule has 2 aliphatic rings. The summed E-state index contributed by atoms with van der Waals surface area (Å²) in [6.45, 7) is 2.75. The number of fused-ring (bicyclic) bond motifs is 1. The molecule has 5 rings (SSSR count). The number of H-pyrrole nitrogens is 1. The predicted molar refractivity (Wildman–Crippen MR) is 121 cm³/mol. The van der Waals surface area contributed by atoms with Gasteiger partial charge in [0.2, 0.25) is 0 Å². The van der Waals surface area contributed by atoms with E-state index in [9.17, 15) is 4.79 Å². The first-order valence-corrected chi connectivity index (χ1v) is 11.7. The summed E-state index contributed by atoms with van der Waals surface area (Å²) in [4.78, 5) is 17.7. The van der Waals surface area contributed by atoms with Crippen LogP contribution >= 0.6 is 0 Å². The van der Waals surface area contributed by atoms with E-state index >= 15 is 0 Å². The number of aromatic amines is 1. The van der Waals surface area contributed by atoms with E-state index in [1.54, 1.807) is 6.20 Å². The number of hydrogen-bond donors (Lipinski definition) is 1. The molecule has 1 N–H and O–H groups in total. The van der Waals surface area contributed by atoms with Gasteiger partial charge in [0.1, 0.15) is 11.3 Å². The number of hydrogen-bond acceptors (Lipinski definition) is 4. The summed E-state index contributed by atoms with van der Waals surface area (Å²) in [5.74, 6) is 1.41. The van der Waals surface area contributed by atoms with Gasteiger partial charge in [0, 0.05) is 30.9 Å². The van der Waals surface area contributed by atoms with E-state index in [0.29, 0.717) is 12.0 Å². The highest BCUT2D eigenvalue weighted by Gasteiger charge is 2.30. The number of benzene rings is 1. The Hall–Kier alpha value is -2.60. The average molecular weight is 421 g/mol. The number of nitrogens with zero attached hydrogens (tertiary/aromatic N) is 3. The van der Waals surface area contributed by atoms with Crippen LogP contribution in [-0.4, -0.2) is 52.1 Å². The molecule has 3 aromatic rings. The smallest absolute Gasteiger partial charge is 0.257 e. The normalized spacial score (nSPS) is 20.9. The van der Waals surface area contributed by atoms with Gasteiger partial charge in [-0.15, -0.1) is 0 Å². The standard InChI is InChI=1S/C25H32N4O2/c1-28(20-10-3-2-4-11-20)25(30)22-15-26-27-24(22)19-9-7-13-29(16-19)17-21-14-18-8-5-6-12-23(18)31-21/h5-6,8,12,14-15,19-20H,2-4,7,9-11,13,16-17H2,1H3,(H,26,27)/t19-/m0/s1. The van der Waals surface area contributed by atoms with Crippen molar-refractivity contribution in [3.05, 3.63) is 53.5 Å². The average Bonchev–Trinajstić information content (AvgIpc) is 3.45. The first kappa shape index (κ1) is 20.3. The minimum Gasteiger partial charge on any atom is -0.460 e. The number of amides is 1. The summed E-state index contributed by atoms with van der Waals surface area (Å²) >= 11 is 0. The van der Waals surface area contributed by atoms with Crippen molar-refractivity contribution in [3.63, 3.8) is 0 Å². The third-order valence-corrected chi connectivity index (χ3v) is 7.11. The summed E-state index contributed by atoms with van der Waals surface area (Å²) in [5, 5.41) is 8.60. The molecule has 1 saturated carbocycles. The minimum absolute atomic E-state index is 0.116. The topological polar surface area (TPSA) is 65.4 Å². The van der Waals surface area contributed by atoms with E-state index in [0.717, 1.165) is 73.3 Å². The Labute approximate surface area is 183 Å². The predicted octanol–water partition coefficient (Wildman–Crippen LogP) is 4.94. The molecule has 164 valence electrons. The maximum absolute atomic E-state index is 13.3. The van der Waals surface area contributed by atoms with Crippen molar-refractivity contribution in [2.24, 2.45) is 0 Å². The van der Waals surface area contributed by atoms with Crippen molar-refractivity contribution in [2.75, 3.05) is 20.1 Å². The number of piperidine rings is 1. The molecule has 31 heavy (non-hydrogen) atoms. The number of carbonyl (C=O) groups is 1. The van der Waals surface area contributed by atoms with E-state index in [4.69, 9.17) is 4.42 Å². The van der Waals surface area contributed by atoms with E-state index in [-0.39, 0.29) is 5.91 Å². The molecule has 0 bridgehead atoms. The molecular weight excluding hydrogens is 388 g/mol. The second-order valence-corrected chi connectivity index (χ2v) is 9.23. The van der Waals surface area contributed by atoms with Crippen molar-refractivity contribution >= 4 is 16.9 Å². The van der Waals surface area contributed by atoms with Gasteiger partial charge in [-0.2, -0.15) is 5.10 Å². The van der Waals surface area contributed by atoms with Gasteiger partial charge in [-0.1, -0.05) is 37.5 Å². The van der Waals surface area contributed by atoms with E-state index in [1.165, 1.54) is 19.3 Å². The van der Waals surface area contributed by atoms with E-state index < -0.39 is 0 Å². The summed E-state index contributed by atoms with van der Waals surface area (Å²) in [7, 11) is 1.96. The van der Waals surface area contributed by atoms with Crippen molar-refractivity contribution in [3.8, 4) is 0 Å². The Morgan fingerprint density at radius 3 is 2.87 bits per heavy atom. The number of likely N-dealkylation sites (tertiary alicyclic amines) is 1. The zero-order chi connectivity index (χ0) is 21.2. The molecular formula is C25H32N4O2. The number of aromatic nitrogens is 2. The number of furan rings is 1.